The first-order valence-electron chi connectivity index (χ1n) is 5.78. The van der Waals surface area contributed by atoms with Gasteiger partial charge in [-0.3, -0.25) is 0 Å². The molecular weight excluding hydrogens is 220 g/mol. The lowest BCUT2D eigenvalue weighted by atomic mass is 10.2. The molecule has 17 heavy (non-hydrogen) atoms. The fourth-order valence-electron chi connectivity index (χ4n) is 1.45. The number of rotatable bonds is 4. The molecule has 4 nitrogen and oxygen atoms in total. The molecule has 0 aromatic carbocycles. The van der Waals surface area contributed by atoms with Gasteiger partial charge in [0.25, 0.3) is 0 Å². The molecule has 0 aliphatic carbocycles. The number of ether oxygens (including phenoxy) is 3. The van der Waals surface area contributed by atoms with Crippen molar-refractivity contribution in [1.82, 2.24) is 0 Å². The number of carbonyl (C=O) groups is 1. The van der Waals surface area contributed by atoms with E-state index in [0.717, 1.165) is 0 Å². The van der Waals surface area contributed by atoms with Crippen LogP contribution in [0.2, 0.25) is 0 Å². The molecule has 1 fully saturated rings. The Kier molecular flexibility index (Phi) is 4.90. The first kappa shape index (κ1) is 13.9. The number of hydrogen-bond acceptors (Lipinski definition) is 4. The lowest BCUT2D eigenvalue weighted by Crippen LogP contribution is -2.20. The lowest BCUT2D eigenvalue weighted by Gasteiger charge is -2.15. The van der Waals surface area contributed by atoms with Crippen LogP contribution in [0.15, 0.2) is 23.8 Å². The van der Waals surface area contributed by atoms with E-state index in [0.29, 0.717) is 18.8 Å². The summed E-state index contributed by atoms with van der Waals surface area (Å²) in [6.45, 7) is 8.18. The maximum Gasteiger partial charge on any atom is 0.333 e. The van der Waals surface area contributed by atoms with Gasteiger partial charge in [-0.15, -0.1) is 0 Å². The molecule has 1 saturated heterocycles. The minimum atomic E-state index is -0.519. The number of carbonyl (C=O) groups excluding carboxylic acids is 1. The summed E-state index contributed by atoms with van der Waals surface area (Å²) < 4.78 is 15.9. The van der Waals surface area contributed by atoms with E-state index in [4.69, 9.17) is 14.2 Å². The second-order valence-electron chi connectivity index (χ2n) is 4.32. The lowest BCUT2D eigenvalue weighted by molar-refractivity contribution is -0.138. The Labute approximate surface area is 102 Å². The zero-order chi connectivity index (χ0) is 12.9. The minimum absolute atomic E-state index is 0.0590. The molecular formula is C13H20O4. The van der Waals surface area contributed by atoms with Gasteiger partial charge in [-0.25, -0.2) is 4.79 Å². The zero-order valence-corrected chi connectivity index (χ0v) is 10.9. The van der Waals surface area contributed by atoms with Crippen LogP contribution in [-0.4, -0.2) is 31.1 Å². The van der Waals surface area contributed by atoms with Crippen molar-refractivity contribution in [2.45, 2.75) is 39.6 Å². The normalized spacial score (nSPS) is 24.2. The Bertz CT molecular complexity index is 328. The Morgan fingerprint density at radius 1 is 1.53 bits per heavy atom. The van der Waals surface area contributed by atoms with Crippen molar-refractivity contribution in [2.75, 3.05) is 13.2 Å². The first-order valence-corrected chi connectivity index (χ1v) is 5.78. The van der Waals surface area contributed by atoms with Crippen molar-refractivity contribution >= 4 is 5.97 Å². The smallest absolute Gasteiger partial charge is 0.333 e. The predicted octanol–water partition coefficient (Wildman–Crippen LogP) is 2.20. The highest BCUT2D eigenvalue weighted by atomic mass is 16.7. The van der Waals surface area contributed by atoms with Crippen molar-refractivity contribution in [3.8, 4) is 0 Å². The van der Waals surface area contributed by atoms with Crippen molar-refractivity contribution in [2.24, 2.45) is 0 Å². The van der Waals surface area contributed by atoms with E-state index in [1.165, 1.54) is 0 Å². The number of hydrogen-bond donors (Lipinski definition) is 0. The summed E-state index contributed by atoms with van der Waals surface area (Å²) in [6, 6.07) is 0. The minimum Gasteiger partial charge on any atom is -0.463 e. The van der Waals surface area contributed by atoms with Crippen LogP contribution in [0.1, 0.15) is 27.7 Å². The van der Waals surface area contributed by atoms with Gasteiger partial charge in [0.1, 0.15) is 6.10 Å². The summed E-state index contributed by atoms with van der Waals surface area (Å²) in [6.07, 6.45) is 5.32. The quantitative estimate of drug-likeness (QED) is 0.429. The largest absolute Gasteiger partial charge is 0.463 e. The van der Waals surface area contributed by atoms with E-state index in [-0.39, 0.29) is 12.1 Å². The first-order chi connectivity index (χ1) is 7.94. The third kappa shape index (κ3) is 4.71. The zero-order valence-electron chi connectivity index (χ0n) is 10.9. The molecule has 0 aromatic rings. The van der Waals surface area contributed by atoms with Crippen LogP contribution in [0.4, 0.5) is 0 Å². The van der Waals surface area contributed by atoms with Gasteiger partial charge < -0.3 is 14.2 Å². The molecule has 4 heteroatoms. The van der Waals surface area contributed by atoms with E-state index >= 15 is 0 Å². The predicted molar refractivity (Wildman–Crippen MR) is 64.4 cm³/mol. The van der Waals surface area contributed by atoms with Crippen LogP contribution in [0.25, 0.3) is 0 Å². The van der Waals surface area contributed by atoms with Gasteiger partial charge in [0.2, 0.25) is 0 Å². The summed E-state index contributed by atoms with van der Waals surface area (Å²) >= 11 is 0. The van der Waals surface area contributed by atoms with Crippen molar-refractivity contribution < 1.29 is 19.0 Å². The van der Waals surface area contributed by atoms with Crippen molar-refractivity contribution in [1.29, 1.82) is 0 Å². The Hall–Kier alpha value is -1.13. The molecule has 0 unspecified atom stereocenters. The highest BCUT2D eigenvalue weighted by molar-refractivity contribution is 5.88. The molecule has 0 spiro atoms. The summed E-state index contributed by atoms with van der Waals surface area (Å²) in [4.78, 5) is 11.3. The molecule has 1 heterocycles. The molecule has 1 rings (SSSR count). The summed E-state index contributed by atoms with van der Waals surface area (Å²) in [5.74, 6) is -0.810. The van der Waals surface area contributed by atoms with Crippen molar-refractivity contribution in [3.05, 3.63) is 23.8 Å². The Balaban J connectivity index is 2.44. The van der Waals surface area contributed by atoms with Crippen LogP contribution in [0, 0.1) is 0 Å². The highest BCUT2D eigenvalue weighted by Crippen LogP contribution is 2.22. The van der Waals surface area contributed by atoms with Gasteiger partial charge in [-0.1, -0.05) is 18.2 Å². The van der Waals surface area contributed by atoms with Gasteiger partial charge in [0.15, 0.2) is 5.79 Å². The molecule has 0 radical (unpaired) electrons. The molecule has 0 N–H and O–H groups in total. The maximum atomic E-state index is 11.3. The molecule has 1 atom stereocenters. The van der Waals surface area contributed by atoms with Gasteiger partial charge >= 0.3 is 5.97 Å². The third-order valence-electron chi connectivity index (χ3n) is 2.30. The van der Waals surface area contributed by atoms with E-state index in [1.54, 1.807) is 26.0 Å². The number of esters is 1. The number of allylic oxidation sites excluding steroid dienone is 2. The van der Waals surface area contributed by atoms with Crippen LogP contribution >= 0.6 is 0 Å². The average Bonchev–Trinajstić information content (AvgIpc) is 2.58. The van der Waals surface area contributed by atoms with Crippen molar-refractivity contribution in [3.63, 3.8) is 0 Å². The van der Waals surface area contributed by atoms with E-state index in [1.807, 2.05) is 19.9 Å². The molecule has 96 valence electrons. The SMILES string of the molecule is CCOC(=O)/C(C)=C/C=C\[C@H]1COC(C)(C)O1. The van der Waals surface area contributed by atoms with Crippen LogP contribution < -0.4 is 0 Å². The Morgan fingerprint density at radius 3 is 2.76 bits per heavy atom. The fraction of sp³-hybridized carbons (Fsp3) is 0.615. The summed E-state index contributed by atoms with van der Waals surface area (Å²) in [7, 11) is 0. The standard InChI is InChI=1S/C13H20O4/c1-5-15-12(14)10(2)7-6-8-11-9-16-13(3,4)17-11/h6-8,11H,5,9H2,1-4H3/b8-6-,10-7+/t11-/m0/s1. The van der Waals surface area contributed by atoms with E-state index in [2.05, 4.69) is 0 Å². The molecule has 0 saturated carbocycles. The molecule has 1 aliphatic rings. The summed E-state index contributed by atoms with van der Waals surface area (Å²) in [5, 5.41) is 0. The topological polar surface area (TPSA) is 44.8 Å². The monoisotopic (exact) mass is 240 g/mol. The maximum absolute atomic E-state index is 11.3. The van der Waals surface area contributed by atoms with Crippen LogP contribution in [0.3, 0.4) is 0 Å². The van der Waals surface area contributed by atoms with Crippen LogP contribution in [-0.2, 0) is 19.0 Å². The Morgan fingerprint density at radius 2 is 2.24 bits per heavy atom. The molecule has 0 aromatic heterocycles. The van der Waals surface area contributed by atoms with E-state index in [9.17, 15) is 4.79 Å². The average molecular weight is 240 g/mol. The van der Waals surface area contributed by atoms with Gasteiger partial charge in [-0.05, 0) is 27.7 Å². The third-order valence-corrected chi connectivity index (χ3v) is 2.30. The highest BCUT2D eigenvalue weighted by Gasteiger charge is 2.30. The molecule has 0 amide bonds. The van der Waals surface area contributed by atoms with Gasteiger partial charge in [-0.2, -0.15) is 0 Å². The molecule has 1 aliphatic heterocycles. The van der Waals surface area contributed by atoms with Gasteiger partial charge in [0, 0.05) is 5.57 Å². The second-order valence-corrected chi connectivity index (χ2v) is 4.32. The second kappa shape index (κ2) is 5.98. The van der Waals surface area contributed by atoms with E-state index < -0.39 is 5.79 Å². The summed E-state index contributed by atoms with van der Waals surface area (Å²) in [5.41, 5.74) is 0.571. The van der Waals surface area contributed by atoms with Gasteiger partial charge in [0.05, 0.1) is 13.2 Å². The molecule has 0 bridgehead atoms. The fourth-order valence-corrected chi connectivity index (χ4v) is 1.45. The van der Waals surface area contributed by atoms with Crippen LogP contribution in [0.5, 0.6) is 0 Å².